The van der Waals surface area contributed by atoms with Gasteiger partial charge >= 0.3 is 0 Å². The van der Waals surface area contributed by atoms with Gasteiger partial charge in [0.25, 0.3) is 0 Å². The molecule has 2 rings (SSSR count). The second-order valence-corrected chi connectivity index (χ2v) is 6.37. The van der Waals surface area contributed by atoms with E-state index in [0.29, 0.717) is 17.7 Å². The summed E-state index contributed by atoms with van der Waals surface area (Å²) in [5.41, 5.74) is 4.27. The summed E-state index contributed by atoms with van der Waals surface area (Å²) in [7, 11) is 0. The molecule has 0 heterocycles. The second kappa shape index (κ2) is 8.35. The predicted octanol–water partition coefficient (Wildman–Crippen LogP) is 3.94. The van der Waals surface area contributed by atoms with Crippen molar-refractivity contribution in [2.75, 3.05) is 6.61 Å². The molecule has 0 aromatic heterocycles. The van der Waals surface area contributed by atoms with Gasteiger partial charge in [0.1, 0.15) is 5.75 Å². The highest BCUT2D eigenvalue weighted by molar-refractivity contribution is 5.92. The first-order chi connectivity index (χ1) is 12.4. The zero-order valence-corrected chi connectivity index (χ0v) is 15.5. The Morgan fingerprint density at radius 1 is 1.23 bits per heavy atom. The van der Waals surface area contributed by atoms with Crippen LogP contribution < -0.4 is 9.84 Å². The Morgan fingerprint density at radius 3 is 2.35 bits per heavy atom. The monoisotopic (exact) mass is 348 g/mol. The van der Waals surface area contributed by atoms with Crippen LogP contribution in [0.3, 0.4) is 0 Å². The molecule has 0 spiro atoms. The first-order valence-electron chi connectivity index (χ1n) is 8.58. The lowest BCUT2D eigenvalue weighted by Gasteiger charge is -2.16. The fraction of sp³-hybridized carbons (Fsp3) is 0.273. The van der Waals surface area contributed by atoms with Gasteiger partial charge in [0, 0.05) is 0 Å². The zero-order chi connectivity index (χ0) is 19.3. The quantitative estimate of drug-likeness (QED) is 0.585. The van der Waals surface area contributed by atoms with Crippen LogP contribution in [-0.4, -0.2) is 12.6 Å². The maximum absolute atomic E-state index is 10.9. The van der Waals surface area contributed by atoms with Crippen molar-refractivity contribution in [2.24, 2.45) is 0 Å². The van der Waals surface area contributed by atoms with Gasteiger partial charge in [-0.1, -0.05) is 38.1 Å². The summed E-state index contributed by atoms with van der Waals surface area (Å²) in [6.45, 7) is 8.74. The number of nitrogens with zero attached hydrogens (tertiary/aromatic N) is 1. The molecule has 0 aliphatic rings. The van der Waals surface area contributed by atoms with Crippen molar-refractivity contribution in [3.63, 3.8) is 0 Å². The normalized spacial score (nSPS) is 11.3. The number of carbonyl (C=O) groups excluding carboxylic acids is 1. The minimum atomic E-state index is -1.23. The lowest BCUT2D eigenvalue weighted by Crippen LogP contribution is -2.21. The van der Waals surface area contributed by atoms with Crippen LogP contribution in [0.5, 0.6) is 5.75 Å². The van der Waals surface area contributed by atoms with E-state index >= 15 is 0 Å². The van der Waals surface area contributed by atoms with Crippen LogP contribution >= 0.6 is 0 Å². The fourth-order valence-corrected chi connectivity index (χ4v) is 2.72. The molecule has 0 saturated carbocycles. The number of nitriles is 1. The summed E-state index contributed by atoms with van der Waals surface area (Å²) in [6.07, 6.45) is 1.82. The van der Waals surface area contributed by atoms with Gasteiger partial charge in [0.15, 0.2) is 0 Å². The van der Waals surface area contributed by atoms with Gasteiger partial charge in [-0.25, -0.2) is 0 Å². The molecule has 0 N–H and O–H groups in total. The summed E-state index contributed by atoms with van der Waals surface area (Å²) in [5, 5.41) is 20.4. The summed E-state index contributed by atoms with van der Waals surface area (Å²) < 4.78 is 5.74. The van der Waals surface area contributed by atoms with Gasteiger partial charge in [0.05, 0.1) is 24.2 Å². The van der Waals surface area contributed by atoms with Gasteiger partial charge in [-0.3, -0.25) is 0 Å². The van der Waals surface area contributed by atoms with E-state index in [1.807, 2.05) is 26.0 Å². The molecular formula is C22H22NO3-. The fourth-order valence-electron chi connectivity index (χ4n) is 2.72. The minimum absolute atomic E-state index is 0.0883. The Morgan fingerprint density at radius 2 is 1.85 bits per heavy atom. The SMILES string of the molecule is CCOc1cc(C)c(/C=C(/C#N)c2ccc(C(=O)[O-])cc2)cc1C(C)C. The van der Waals surface area contributed by atoms with Gasteiger partial charge < -0.3 is 14.6 Å². The number of allylic oxidation sites excluding steroid dienone is 1. The van der Waals surface area contributed by atoms with Crippen molar-refractivity contribution in [1.82, 2.24) is 0 Å². The summed E-state index contributed by atoms with van der Waals surface area (Å²) >= 11 is 0. The van der Waals surface area contributed by atoms with Crippen LogP contribution in [0, 0.1) is 18.3 Å². The van der Waals surface area contributed by atoms with Crippen LogP contribution in [-0.2, 0) is 0 Å². The molecule has 4 heteroatoms. The average molecular weight is 348 g/mol. The van der Waals surface area contributed by atoms with E-state index in [4.69, 9.17) is 4.74 Å². The van der Waals surface area contributed by atoms with Crippen LogP contribution in [0.25, 0.3) is 11.6 Å². The molecule has 134 valence electrons. The van der Waals surface area contributed by atoms with E-state index < -0.39 is 5.97 Å². The van der Waals surface area contributed by atoms with E-state index in [2.05, 4.69) is 26.0 Å². The summed E-state index contributed by atoms with van der Waals surface area (Å²) in [4.78, 5) is 10.9. The summed E-state index contributed by atoms with van der Waals surface area (Å²) in [5.74, 6) is -0.0749. The third-order valence-electron chi connectivity index (χ3n) is 4.17. The topological polar surface area (TPSA) is 73.1 Å². The molecule has 2 aromatic rings. The van der Waals surface area contributed by atoms with Crippen molar-refractivity contribution in [1.29, 1.82) is 5.26 Å². The van der Waals surface area contributed by atoms with Crippen molar-refractivity contribution in [3.05, 3.63) is 64.2 Å². The van der Waals surface area contributed by atoms with E-state index in [1.54, 1.807) is 12.1 Å². The molecule has 0 atom stereocenters. The van der Waals surface area contributed by atoms with Crippen LogP contribution in [0.1, 0.15) is 59.3 Å². The van der Waals surface area contributed by atoms with E-state index in [1.165, 1.54) is 12.1 Å². The third-order valence-corrected chi connectivity index (χ3v) is 4.17. The Kier molecular flexibility index (Phi) is 6.19. The second-order valence-electron chi connectivity index (χ2n) is 6.37. The Balaban J connectivity index is 2.50. The molecule has 0 aliphatic heterocycles. The number of rotatable bonds is 6. The molecule has 0 aliphatic carbocycles. The van der Waals surface area contributed by atoms with E-state index in [-0.39, 0.29) is 11.5 Å². The number of carboxylic acids is 1. The number of benzene rings is 2. The number of carboxylic acid groups (broad SMARTS) is 1. The van der Waals surface area contributed by atoms with Crippen molar-refractivity contribution in [2.45, 2.75) is 33.6 Å². The minimum Gasteiger partial charge on any atom is -0.545 e. The molecule has 26 heavy (non-hydrogen) atoms. The average Bonchev–Trinajstić information content (AvgIpc) is 2.61. The zero-order valence-electron chi connectivity index (χ0n) is 15.5. The van der Waals surface area contributed by atoms with Crippen LogP contribution in [0.2, 0.25) is 0 Å². The molecule has 0 unspecified atom stereocenters. The van der Waals surface area contributed by atoms with Crippen molar-refractivity contribution >= 4 is 17.6 Å². The van der Waals surface area contributed by atoms with Crippen molar-refractivity contribution in [3.8, 4) is 11.8 Å². The maximum Gasteiger partial charge on any atom is 0.123 e. The number of hydrogen-bond donors (Lipinski definition) is 0. The van der Waals surface area contributed by atoms with Gasteiger partial charge in [-0.15, -0.1) is 0 Å². The number of hydrogen-bond acceptors (Lipinski definition) is 4. The lowest BCUT2D eigenvalue weighted by molar-refractivity contribution is -0.255. The van der Waals surface area contributed by atoms with Gasteiger partial charge in [-0.2, -0.15) is 5.26 Å². The Hall–Kier alpha value is -3.06. The first kappa shape index (κ1) is 19.3. The standard InChI is InChI=1S/C22H23NO3/c1-5-26-21-10-15(4)18(12-20(21)14(2)3)11-19(13-23)16-6-8-17(9-7-16)22(24)25/h6-12,14H,5H2,1-4H3,(H,24,25)/p-1/b19-11-. The lowest BCUT2D eigenvalue weighted by atomic mass is 9.94. The predicted molar refractivity (Wildman–Crippen MR) is 101 cm³/mol. The Labute approximate surface area is 154 Å². The molecule has 2 aromatic carbocycles. The number of aromatic carboxylic acids is 1. The maximum atomic E-state index is 10.9. The molecule has 0 amide bonds. The number of ether oxygens (including phenoxy) is 1. The molecule has 0 radical (unpaired) electrons. The van der Waals surface area contributed by atoms with E-state index in [9.17, 15) is 15.2 Å². The largest absolute Gasteiger partial charge is 0.545 e. The highest BCUT2D eigenvalue weighted by Crippen LogP contribution is 2.31. The number of carbonyl (C=O) groups is 1. The molecule has 4 nitrogen and oxygen atoms in total. The molecule has 0 bridgehead atoms. The highest BCUT2D eigenvalue weighted by atomic mass is 16.5. The van der Waals surface area contributed by atoms with E-state index in [0.717, 1.165) is 22.4 Å². The van der Waals surface area contributed by atoms with Gasteiger partial charge in [-0.05, 0) is 65.8 Å². The molecular weight excluding hydrogens is 326 g/mol. The third kappa shape index (κ3) is 4.31. The Bertz CT molecular complexity index is 871. The van der Waals surface area contributed by atoms with Crippen molar-refractivity contribution < 1.29 is 14.6 Å². The number of aryl methyl sites for hydroxylation is 1. The summed E-state index contributed by atoms with van der Waals surface area (Å²) in [6, 6.07) is 12.4. The van der Waals surface area contributed by atoms with Crippen LogP contribution in [0.4, 0.5) is 0 Å². The first-order valence-corrected chi connectivity index (χ1v) is 8.58. The molecule has 0 fully saturated rings. The smallest absolute Gasteiger partial charge is 0.123 e. The highest BCUT2D eigenvalue weighted by Gasteiger charge is 2.12. The van der Waals surface area contributed by atoms with Crippen LogP contribution in [0.15, 0.2) is 36.4 Å². The van der Waals surface area contributed by atoms with Gasteiger partial charge in [0.2, 0.25) is 0 Å². The molecule has 0 saturated heterocycles.